The van der Waals surface area contributed by atoms with Crippen molar-refractivity contribution in [1.82, 2.24) is 29.3 Å². The van der Waals surface area contributed by atoms with E-state index in [1.807, 2.05) is 12.3 Å². The molecule has 0 fully saturated rings. The zero-order chi connectivity index (χ0) is 19.0. The fourth-order valence-corrected chi connectivity index (χ4v) is 3.29. The van der Waals surface area contributed by atoms with E-state index in [2.05, 4.69) is 27.1 Å². The van der Waals surface area contributed by atoms with Crippen LogP contribution in [-0.4, -0.2) is 35.6 Å². The molecule has 0 aliphatic carbocycles. The van der Waals surface area contributed by atoms with Crippen molar-refractivity contribution in [3.63, 3.8) is 0 Å². The Hall–Kier alpha value is -2.94. The molecule has 8 nitrogen and oxygen atoms in total. The van der Waals surface area contributed by atoms with E-state index in [0.717, 1.165) is 12.8 Å². The third kappa shape index (κ3) is 3.03. The second kappa shape index (κ2) is 6.99. The molecule has 0 unspecified atom stereocenters. The van der Waals surface area contributed by atoms with Crippen LogP contribution in [0.5, 0.6) is 0 Å². The predicted molar refractivity (Wildman–Crippen MR) is 106 cm³/mol. The summed E-state index contributed by atoms with van der Waals surface area (Å²) in [4.78, 5) is 34.5. The van der Waals surface area contributed by atoms with Gasteiger partial charge in [0.05, 0.1) is 21.8 Å². The van der Waals surface area contributed by atoms with Crippen molar-refractivity contribution in [2.24, 2.45) is 0 Å². The van der Waals surface area contributed by atoms with Crippen LogP contribution in [0.25, 0.3) is 27.8 Å². The van der Waals surface area contributed by atoms with Crippen LogP contribution in [-0.2, 0) is 6.54 Å². The molecule has 4 aromatic heterocycles. The first kappa shape index (κ1) is 17.5. The standard InChI is InChI=1S/C18H18N6O2S/c1-3-4-7-23-8-5-13-11(15(23)25)10-12-14(19-13)6-9-24(16(12)26)17-20-18(27-2)22-21-17/h5-6,8-10H,3-4,7H2,1-2H3,(H,20,21,22). The van der Waals surface area contributed by atoms with Gasteiger partial charge in [0, 0.05) is 18.9 Å². The summed E-state index contributed by atoms with van der Waals surface area (Å²) in [6.45, 7) is 2.73. The van der Waals surface area contributed by atoms with Crippen LogP contribution >= 0.6 is 11.8 Å². The Morgan fingerprint density at radius 2 is 1.81 bits per heavy atom. The summed E-state index contributed by atoms with van der Waals surface area (Å²) in [5.74, 6) is 0.333. The van der Waals surface area contributed by atoms with Gasteiger partial charge in [-0.1, -0.05) is 25.1 Å². The minimum absolute atomic E-state index is 0.130. The lowest BCUT2D eigenvalue weighted by Gasteiger charge is -2.08. The summed E-state index contributed by atoms with van der Waals surface area (Å²) in [7, 11) is 0. The number of fused-ring (bicyclic) bond motifs is 2. The van der Waals surface area contributed by atoms with Crippen molar-refractivity contribution >= 4 is 33.6 Å². The fraction of sp³-hybridized carbons (Fsp3) is 0.278. The Morgan fingerprint density at radius 3 is 2.52 bits per heavy atom. The summed E-state index contributed by atoms with van der Waals surface area (Å²) in [5.41, 5.74) is 0.698. The topological polar surface area (TPSA) is 98.5 Å². The van der Waals surface area contributed by atoms with Gasteiger partial charge in [-0.3, -0.25) is 14.2 Å². The molecule has 0 saturated heterocycles. The number of aromatic amines is 1. The third-order valence-corrected chi connectivity index (χ3v) is 4.98. The van der Waals surface area contributed by atoms with E-state index in [1.54, 1.807) is 29.1 Å². The number of aryl methyl sites for hydroxylation is 1. The van der Waals surface area contributed by atoms with Crippen molar-refractivity contribution in [1.29, 1.82) is 0 Å². The van der Waals surface area contributed by atoms with Crippen molar-refractivity contribution in [3.05, 3.63) is 51.3 Å². The molecule has 0 aliphatic rings. The highest BCUT2D eigenvalue weighted by molar-refractivity contribution is 7.98. The Kier molecular flexibility index (Phi) is 4.53. The van der Waals surface area contributed by atoms with Crippen molar-refractivity contribution < 1.29 is 0 Å². The fourth-order valence-electron chi connectivity index (χ4n) is 2.97. The van der Waals surface area contributed by atoms with Crippen LogP contribution in [0.4, 0.5) is 0 Å². The largest absolute Gasteiger partial charge is 0.315 e. The highest BCUT2D eigenvalue weighted by atomic mass is 32.2. The average molecular weight is 382 g/mol. The first-order valence-electron chi connectivity index (χ1n) is 8.64. The minimum atomic E-state index is -0.297. The zero-order valence-corrected chi connectivity index (χ0v) is 15.8. The molecular formula is C18H18N6O2S. The van der Waals surface area contributed by atoms with Crippen molar-refractivity contribution in [2.75, 3.05) is 6.26 Å². The summed E-state index contributed by atoms with van der Waals surface area (Å²) < 4.78 is 3.04. The smallest absolute Gasteiger partial charge is 0.266 e. The van der Waals surface area contributed by atoms with Gasteiger partial charge in [0.1, 0.15) is 0 Å². The molecule has 0 atom stereocenters. The normalized spacial score (nSPS) is 11.5. The lowest BCUT2D eigenvalue weighted by Crippen LogP contribution is -2.22. The number of H-pyrrole nitrogens is 1. The van der Waals surface area contributed by atoms with Crippen molar-refractivity contribution in [2.45, 2.75) is 31.5 Å². The molecular weight excluding hydrogens is 364 g/mol. The number of hydrogen-bond donors (Lipinski definition) is 1. The van der Waals surface area contributed by atoms with Gasteiger partial charge in [-0.05, 0) is 30.9 Å². The Morgan fingerprint density at radius 1 is 1.07 bits per heavy atom. The minimum Gasteiger partial charge on any atom is -0.315 e. The van der Waals surface area contributed by atoms with E-state index in [-0.39, 0.29) is 11.1 Å². The Balaban J connectivity index is 1.92. The number of rotatable bonds is 5. The third-order valence-electron chi connectivity index (χ3n) is 4.43. The number of pyridine rings is 3. The average Bonchev–Trinajstić information content (AvgIpc) is 3.16. The Bertz CT molecular complexity index is 1260. The lowest BCUT2D eigenvalue weighted by atomic mass is 10.2. The van der Waals surface area contributed by atoms with Crippen LogP contribution in [0.2, 0.25) is 0 Å². The van der Waals surface area contributed by atoms with Gasteiger partial charge < -0.3 is 4.57 Å². The number of unbranched alkanes of at least 4 members (excludes halogenated alkanes) is 1. The molecule has 4 aromatic rings. The molecule has 27 heavy (non-hydrogen) atoms. The van der Waals surface area contributed by atoms with E-state index in [0.29, 0.717) is 39.5 Å². The molecule has 0 aliphatic heterocycles. The van der Waals surface area contributed by atoms with Crippen LogP contribution in [0, 0.1) is 0 Å². The molecule has 0 bridgehead atoms. The monoisotopic (exact) mass is 382 g/mol. The molecule has 138 valence electrons. The number of nitrogens with one attached hydrogen (secondary N) is 1. The first-order chi connectivity index (χ1) is 13.1. The Labute approximate surface area is 158 Å². The maximum atomic E-state index is 13.0. The lowest BCUT2D eigenvalue weighted by molar-refractivity contribution is 0.617. The molecule has 9 heteroatoms. The van der Waals surface area contributed by atoms with Gasteiger partial charge >= 0.3 is 0 Å². The van der Waals surface area contributed by atoms with Gasteiger partial charge in [0.2, 0.25) is 11.1 Å². The molecule has 0 saturated carbocycles. The first-order valence-corrected chi connectivity index (χ1v) is 9.87. The summed E-state index contributed by atoms with van der Waals surface area (Å²) in [6.07, 6.45) is 7.15. The highest BCUT2D eigenvalue weighted by Gasteiger charge is 2.12. The quantitative estimate of drug-likeness (QED) is 0.420. The number of nitrogens with zero attached hydrogens (tertiary/aromatic N) is 5. The summed E-state index contributed by atoms with van der Waals surface area (Å²) >= 11 is 1.38. The molecule has 0 aromatic carbocycles. The SMILES string of the molecule is CCCCn1ccc2nc3ccn(-c4nc(SC)n[nH]4)c(=O)c3cc2c1=O. The van der Waals surface area contributed by atoms with E-state index in [4.69, 9.17) is 0 Å². The van der Waals surface area contributed by atoms with Crippen LogP contribution in [0.3, 0.4) is 0 Å². The van der Waals surface area contributed by atoms with Gasteiger partial charge in [0.25, 0.3) is 11.1 Å². The summed E-state index contributed by atoms with van der Waals surface area (Å²) in [5, 5.41) is 8.15. The molecule has 0 spiro atoms. The van der Waals surface area contributed by atoms with E-state index in [9.17, 15) is 9.59 Å². The second-order valence-electron chi connectivity index (χ2n) is 6.16. The molecule has 4 heterocycles. The number of thioether (sulfide) groups is 1. The highest BCUT2D eigenvalue weighted by Crippen LogP contribution is 2.16. The molecule has 4 rings (SSSR count). The second-order valence-corrected chi connectivity index (χ2v) is 6.93. The number of hydrogen-bond acceptors (Lipinski definition) is 6. The van der Waals surface area contributed by atoms with E-state index in [1.165, 1.54) is 16.3 Å². The van der Waals surface area contributed by atoms with E-state index < -0.39 is 0 Å². The van der Waals surface area contributed by atoms with Gasteiger partial charge in [-0.25, -0.2) is 10.1 Å². The van der Waals surface area contributed by atoms with Gasteiger partial charge in [-0.15, -0.1) is 5.10 Å². The van der Waals surface area contributed by atoms with Gasteiger partial charge in [0.15, 0.2) is 0 Å². The molecule has 1 N–H and O–H groups in total. The van der Waals surface area contributed by atoms with Crippen molar-refractivity contribution in [3.8, 4) is 5.95 Å². The molecule has 0 amide bonds. The molecule has 0 radical (unpaired) electrons. The maximum Gasteiger partial charge on any atom is 0.266 e. The van der Waals surface area contributed by atoms with Crippen LogP contribution in [0.1, 0.15) is 19.8 Å². The summed E-state index contributed by atoms with van der Waals surface area (Å²) in [6, 6.07) is 5.19. The van der Waals surface area contributed by atoms with E-state index >= 15 is 0 Å². The van der Waals surface area contributed by atoms with Crippen LogP contribution in [0.15, 0.2) is 45.3 Å². The predicted octanol–water partition coefficient (Wildman–Crippen LogP) is 2.34. The maximum absolute atomic E-state index is 13.0. The zero-order valence-electron chi connectivity index (χ0n) is 15.0. The van der Waals surface area contributed by atoms with Gasteiger partial charge in [-0.2, -0.15) is 4.98 Å². The number of aromatic nitrogens is 6. The van der Waals surface area contributed by atoms with Crippen LogP contribution < -0.4 is 11.1 Å².